The third kappa shape index (κ3) is 4.42. The Morgan fingerprint density at radius 3 is 2.59 bits per heavy atom. The van der Waals surface area contributed by atoms with Crippen molar-refractivity contribution in [3.8, 4) is 16.9 Å². The van der Waals surface area contributed by atoms with Crippen LogP contribution in [0, 0.1) is 6.92 Å². The number of aromatic nitrogens is 3. The number of fused-ring (bicyclic) bond motifs is 1. The second-order valence-corrected chi connectivity index (χ2v) is 7.78. The zero-order valence-corrected chi connectivity index (χ0v) is 18.2. The van der Waals surface area contributed by atoms with E-state index in [2.05, 4.69) is 11.5 Å². The van der Waals surface area contributed by atoms with Crippen molar-refractivity contribution in [3.63, 3.8) is 0 Å². The molecule has 0 saturated carbocycles. The summed E-state index contributed by atoms with van der Waals surface area (Å²) in [5, 5.41) is 8.99. The normalized spacial score (nSPS) is 11.1. The monoisotopic (exact) mass is 430 g/mol. The number of unbranched alkanes of at least 4 members (excludes halogenated alkanes) is 1. The standard InChI is InChI=1S/C25H26N4O3/c1-3-4-9-23-28-21-14-20(26)16(2)27-24(21)29(23)15-17-10-12-18(13-11-17)19-7-5-6-8-22(19)32-25(30)31/h5-8,10-14H,3-4,9,15,26H2,1-2H3,(H,30,31). The lowest BCUT2D eigenvalue weighted by atomic mass is 10.0. The molecule has 0 saturated heterocycles. The van der Waals surface area contributed by atoms with E-state index in [0.29, 0.717) is 18.0 Å². The summed E-state index contributed by atoms with van der Waals surface area (Å²) in [7, 11) is 0. The Morgan fingerprint density at radius 1 is 1.12 bits per heavy atom. The summed E-state index contributed by atoms with van der Waals surface area (Å²) in [6, 6.07) is 17.0. The van der Waals surface area contributed by atoms with Crippen molar-refractivity contribution in [1.29, 1.82) is 0 Å². The number of ether oxygens (including phenoxy) is 1. The SMILES string of the molecule is CCCCc1nc2cc(N)c(C)nc2n1Cc1ccc(-c2ccccc2OC(=O)O)cc1. The van der Waals surface area contributed by atoms with Gasteiger partial charge < -0.3 is 20.1 Å². The maximum atomic E-state index is 11.0. The van der Waals surface area contributed by atoms with E-state index in [4.69, 9.17) is 25.5 Å². The molecular weight excluding hydrogens is 404 g/mol. The van der Waals surface area contributed by atoms with Gasteiger partial charge in [-0.1, -0.05) is 55.8 Å². The van der Waals surface area contributed by atoms with E-state index in [0.717, 1.165) is 58.6 Å². The van der Waals surface area contributed by atoms with Crippen molar-refractivity contribution < 1.29 is 14.6 Å². The van der Waals surface area contributed by atoms with Gasteiger partial charge in [-0.25, -0.2) is 14.8 Å². The number of rotatable bonds is 7. The van der Waals surface area contributed by atoms with E-state index in [-0.39, 0.29) is 0 Å². The van der Waals surface area contributed by atoms with Gasteiger partial charge in [-0.2, -0.15) is 0 Å². The minimum atomic E-state index is -1.33. The van der Waals surface area contributed by atoms with E-state index in [9.17, 15) is 4.79 Å². The average Bonchev–Trinajstić information content (AvgIpc) is 3.09. The van der Waals surface area contributed by atoms with Gasteiger partial charge in [-0.3, -0.25) is 0 Å². The number of nitrogens with zero attached hydrogens (tertiary/aromatic N) is 3. The molecule has 7 heteroatoms. The van der Waals surface area contributed by atoms with Crippen LogP contribution in [-0.2, 0) is 13.0 Å². The average molecular weight is 431 g/mol. The molecule has 2 aromatic carbocycles. The molecule has 0 atom stereocenters. The van der Waals surface area contributed by atoms with Gasteiger partial charge in [0, 0.05) is 12.0 Å². The summed E-state index contributed by atoms with van der Waals surface area (Å²) in [5.74, 6) is 1.32. The number of pyridine rings is 1. The van der Waals surface area contributed by atoms with Gasteiger partial charge in [0.25, 0.3) is 0 Å². The molecule has 2 heterocycles. The van der Waals surface area contributed by atoms with Gasteiger partial charge in [-0.05, 0) is 36.6 Å². The molecule has 0 aliphatic heterocycles. The van der Waals surface area contributed by atoms with Gasteiger partial charge in [-0.15, -0.1) is 0 Å². The largest absolute Gasteiger partial charge is 0.511 e. The van der Waals surface area contributed by atoms with E-state index in [1.54, 1.807) is 12.1 Å². The minimum Gasteiger partial charge on any atom is -0.449 e. The number of hydrogen-bond donors (Lipinski definition) is 2. The molecule has 0 amide bonds. The molecule has 32 heavy (non-hydrogen) atoms. The van der Waals surface area contributed by atoms with Crippen LogP contribution in [0.4, 0.5) is 10.5 Å². The summed E-state index contributed by atoms with van der Waals surface area (Å²) in [5.41, 5.74) is 11.9. The zero-order valence-electron chi connectivity index (χ0n) is 18.2. The molecule has 164 valence electrons. The predicted molar refractivity (Wildman–Crippen MR) is 125 cm³/mol. The highest BCUT2D eigenvalue weighted by molar-refractivity contribution is 5.77. The topological polar surface area (TPSA) is 103 Å². The summed E-state index contributed by atoms with van der Waals surface area (Å²) in [6.07, 6.45) is 1.69. The van der Waals surface area contributed by atoms with Crippen LogP contribution in [0.5, 0.6) is 5.75 Å². The summed E-state index contributed by atoms with van der Waals surface area (Å²) in [6.45, 7) is 4.71. The summed E-state index contributed by atoms with van der Waals surface area (Å²) < 4.78 is 7.08. The Kier molecular flexibility index (Phi) is 6.07. The predicted octanol–water partition coefficient (Wildman–Crippen LogP) is 5.44. The second kappa shape index (κ2) is 9.09. The molecular formula is C25H26N4O3. The van der Waals surface area contributed by atoms with Crippen molar-refractivity contribution in [3.05, 3.63) is 71.7 Å². The quantitative estimate of drug-likeness (QED) is 0.299. The Morgan fingerprint density at radius 2 is 1.88 bits per heavy atom. The van der Waals surface area contributed by atoms with Crippen LogP contribution in [0.2, 0.25) is 0 Å². The number of carboxylic acid groups (broad SMARTS) is 1. The lowest BCUT2D eigenvalue weighted by Gasteiger charge is -2.11. The number of nitrogen functional groups attached to an aromatic ring is 1. The second-order valence-electron chi connectivity index (χ2n) is 7.78. The van der Waals surface area contributed by atoms with E-state index >= 15 is 0 Å². The Hall–Kier alpha value is -3.87. The van der Waals surface area contributed by atoms with Crippen LogP contribution in [0.1, 0.15) is 36.8 Å². The first-order chi connectivity index (χ1) is 15.5. The molecule has 3 N–H and O–H groups in total. The molecule has 2 aromatic heterocycles. The van der Waals surface area contributed by atoms with Crippen molar-refractivity contribution in [2.45, 2.75) is 39.7 Å². The molecule has 0 radical (unpaired) electrons. The Labute approximate surface area is 186 Å². The molecule has 0 bridgehead atoms. The highest BCUT2D eigenvalue weighted by atomic mass is 16.7. The van der Waals surface area contributed by atoms with Gasteiger partial charge in [0.2, 0.25) is 0 Å². The minimum absolute atomic E-state index is 0.312. The third-order valence-electron chi connectivity index (χ3n) is 5.47. The summed E-state index contributed by atoms with van der Waals surface area (Å²) >= 11 is 0. The zero-order chi connectivity index (χ0) is 22.7. The van der Waals surface area contributed by atoms with E-state index < -0.39 is 6.16 Å². The lowest BCUT2D eigenvalue weighted by Crippen LogP contribution is -2.07. The maximum absolute atomic E-state index is 11.0. The van der Waals surface area contributed by atoms with Crippen molar-refractivity contribution >= 4 is 23.0 Å². The molecule has 0 fully saturated rings. The van der Waals surface area contributed by atoms with Crippen molar-refractivity contribution in [2.24, 2.45) is 0 Å². The van der Waals surface area contributed by atoms with Crippen LogP contribution < -0.4 is 10.5 Å². The van der Waals surface area contributed by atoms with Crippen LogP contribution in [-0.4, -0.2) is 25.8 Å². The maximum Gasteiger partial charge on any atom is 0.511 e. The fourth-order valence-electron chi connectivity index (χ4n) is 3.75. The van der Waals surface area contributed by atoms with Gasteiger partial charge >= 0.3 is 6.16 Å². The first kappa shape index (κ1) is 21.4. The van der Waals surface area contributed by atoms with Crippen LogP contribution in [0.25, 0.3) is 22.3 Å². The molecule has 7 nitrogen and oxygen atoms in total. The fourth-order valence-corrected chi connectivity index (χ4v) is 3.75. The molecule has 0 aliphatic carbocycles. The van der Waals surface area contributed by atoms with Gasteiger partial charge in [0.15, 0.2) is 5.65 Å². The first-order valence-electron chi connectivity index (χ1n) is 10.7. The number of imidazole rings is 1. The molecule has 0 spiro atoms. The highest BCUT2D eigenvalue weighted by Crippen LogP contribution is 2.30. The van der Waals surface area contributed by atoms with Crippen LogP contribution >= 0.6 is 0 Å². The van der Waals surface area contributed by atoms with E-state index in [1.807, 2.05) is 49.4 Å². The number of para-hydroxylation sites is 1. The Balaban J connectivity index is 1.67. The summed E-state index contributed by atoms with van der Waals surface area (Å²) in [4.78, 5) is 20.5. The number of aryl methyl sites for hydroxylation is 2. The smallest absolute Gasteiger partial charge is 0.449 e. The third-order valence-corrected chi connectivity index (χ3v) is 5.47. The number of anilines is 1. The highest BCUT2D eigenvalue weighted by Gasteiger charge is 2.15. The number of carbonyl (C=O) groups is 1. The molecule has 4 rings (SSSR count). The fraction of sp³-hybridized carbons (Fsp3) is 0.240. The first-order valence-corrected chi connectivity index (χ1v) is 10.7. The van der Waals surface area contributed by atoms with Gasteiger partial charge in [0.1, 0.15) is 17.1 Å². The van der Waals surface area contributed by atoms with Crippen molar-refractivity contribution in [1.82, 2.24) is 14.5 Å². The van der Waals surface area contributed by atoms with Crippen molar-refractivity contribution in [2.75, 3.05) is 5.73 Å². The van der Waals surface area contributed by atoms with Crippen LogP contribution in [0.3, 0.4) is 0 Å². The number of benzene rings is 2. The Bertz CT molecular complexity index is 1260. The van der Waals surface area contributed by atoms with Gasteiger partial charge in [0.05, 0.1) is 17.9 Å². The van der Waals surface area contributed by atoms with E-state index in [1.165, 1.54) is 0 Å². The van der Waals surface area contributed by atoms with Crippen LogP contribution in [0.15, 0.2) is 54.6 Å². The number of hydrogen-bond acceptors (Lipinski definition) is 5. The molecule has 0 aliphatic rings. The lowest BCUT2D eigenvalue weighted by molar-refractivity contribution is 0.144. The molecule has 0 unspecified atom stereocenters. The number of nitrogens with two attached hydrogens (primary N) is 1. The molecule has 4 aromatic rings.